The number of halogens is 1. The van der Waals surface area contributed by atoms with Crippen molar-refractivity contribution in [1.82, 2.24) is 20.2 Å². The first-order chi connectivity index (χ1) is 15.3. The first kappa shape index (κ1) is 23.0. The van der Waals surface area contributed by atoms with Crippen molar-refractivity contribution in [2.45, 2.75) is 25.0 Å². The molecule has 8 nitrogen and oxygen atoms in total. The zero-order valence-electron chi connectivity index (χ0n) is 17.3. The molecule has 1 aromatic heterocycles. The minimum absolute atomic E-state index is 0.148. The van der Waals surface area contributed by atoms with E-state index in [9.17, 15) is 19.4 Å². The summed E-state index contributed by atoms with van der Waals surface area (Å²) in [6, 6.07) is 15.4. The maximum absolute atomic E-state index is 13.6. The summed E-state index contributed by atoms with van der Waals surface area (Å²) in [5.41, 5.74) is 2.79. The molecule has 3 rings (SSSR count). The number of aromatic nitrogens is 4. The Bertz CT molecular complexity index is 1110. The predicted molar refractivity (Wildman–Crippen MR) is 116 cm³/mol. The maximum Gasteiger partial charge on any atom is 0.305 e. The molecule has 0 fully saturated rings. The summed E-state index contributed by atoms with van der Waals surface area (Å²) in [6.45, 7) is 0. The number of carbonyl (C=O) groups is 1. The van der Waals surface area contributed by atoms with Crippen LogP contribution in [0.25, 0.3) is 11.1 Å². The van der Waals surface area contributed by atoms with Gasteiger partial charge in [-0.1, -0.05) is 54.6 Å². The minimum Gasteiger partial charge on any atom is -0.481 e. The number of carboxylic acid groups (broad SMARTS) is 1. The number of rotatable bonds is 9. The van der Waals surface area contributed by atoms with Crippen LogP contribution in [0.5, 0.6) is 0 Å². The Morgan fingerprint density at radius 2 is 1.75 bits per heavy atom. The van der Waals surface area contributed by atoms with E-state index in [0.717, 1.165) is 5.56 Å². The molecule has 32 heavy (non-hydrogen) atoms. The second kappa shape index (κ2) is 10.6. The Morgan fingerprint density at radius 1 is 1.09 bits per heavy atom. The fourth-order valence-corrected chi connectivity index (χ4v) is 3.28. The molecule has 2 aromatic carbocycles. The van der Waals surface area contributed by atoms with Gasteiger partial charge in [0.15, 0.2) is 5.82 Å². The molecule has 0 aliphatic rings. The van der Waals surface area contributed by atoms with Gasteiger partial charge in [0.25, 0.3) is 0 Å². The highest BCUT2D eigenvalue weighted by Crippen LogP contribution is 2.32. The summed E-state index contributed by atoms with van der Waals surface area (Å²) in [5, 5.41) is 40.6. The fraction of sp³-hybridized carbons (Fsp3) is 0.217. The molecule has 1 heterocycles. The second-order valence-corrected chi connectivity index (χ2v) is 7.20. The van der Waals surface area contributed by atoms with Gasteiger partial charge in [0, 0.05) is 19.0 Å². The lowest BCUT2D eigenvalue weighted by atomic mass is 9.92. The quantitative estimate of drug-likeness (QED) is 0.439. The van der Waals surface area contributed by atoms with Crippen molar-refractivity contribution < 1.29 is 24.5 Å². The molecule has 0 bridgehead atoms. The average molecular weight is 438 g/mol. The van der Waals surface area contributed by atoms with E-state index in [0.29, 0.717) is 22.5 Å². The van der Waals surface area contributed by atoms with Crippen molar-refractivity contribution >= 4 is 17.1 Å². The van der Waals surface area contributed by atoms with E-state index in [4.69, 9.17) is 5.11 Å². The lowest BCUT2D eigenvalue weighted by Crippen LogP contribution is -2.19. The van der Waals surface area contributed by atoms with Crippen LogP contribution in [0.3, 0.4) is 0 Å². The molecular weight excluding hydrogens is 415 g/mol. The topological polar surface area (TPSA) is 121 Å². The maximum atomic E-state index is 13.6. The number of aliphatic carboxylic acids is 1. The summed E-state index contributed by atoms with van der Waals surface area (Å²) in [7, 11) is 1.67. The van der Waals surface area contributed by atoms with Gasteiger partial charge in [-0.3, -0.25) is 4.79 Å². The third-order valence-corrected chi connectivity index (χ3v) is 4.73. The summed E-state index contributed by atoms with van der Waals surface area (Å²) in [6.07, 6.45) is 0.153. The number of allylic oxidation sites excluding steroid dienone is 2. The molecule has 0 saturated carbocycles. The Hall–Kier alpha value is -3.69. The van der Waals surface area contributed by atoms with E-state index >= 15 is 0 Å². The Balaban J connectivity index is 2.11. The third kappa shape index (κ3) is 5.93. The van der Waals surface area contributed by atoms with Gasteiger partial charge >= 0.3 is 5.97 Å². The molecule has 3 N–H and O–H groups in total. The Labute approximate surface area is 184 Å². The zero-order valence-corrected chi connectivity index (χ0v) is 17.3. The zero-order chi connectivity index (χ0) is 23.1. The Morgan fingerprint density at radius 3 is 2.34 bits per heavy atom. The van der Waals surface area contributed by atoms with Crippen LogP contribution in [-0.4, -0.2) is 53.7 Å². The molecular formula is C23H23FN4O4. The molecule has 3 aromatic rings. The normalized spacial score (nSPS) is 14.2. The Kier molecular flexibility index (Phi) is 7.58. The van der Waals surface area contributed by atoms with Crippen LogP contribution in [0.1, 0.15) is 29.8 Å². The monoisotopic (exact) mass is 438 g/mol. The molecule has 0 saturated heterocycles. The van der Waals surface area contributed by atoms with E-state index in [1.165, 1.54) is 22.9 Å². The highest BCUT2D eigenvalue weighted by Gasteiger charge is 2.18. The van der Waals surface area contributed by atoms with Crippen LogP contribution in [0.4, 0.5) is 4.39 Å². The molecule has 0 aliphatic carbocycles. The number of aliphatic hydroxyl groups excluding tert-OH is 2. The summed E-state index contributed by atoms with van der Waals surface area (Å²) < 4.78 is 15.1. The predicted octanol–water partition coefficient (Wildman–Crippen LogP) is 2.45. The van der Waals surface area contributed by atoms with E-state index < -0.39 is 24.6 Å². The first-order valence-corrected chi connectivity index (χ1v) is 9.89. The highest BCUT2D eigenvalue weighted by molar-refractivity contribution is 6.00. The molecule has 0 aliphatic heterocycles. The van der Waals surface area contributed by atoms with Gasteiger partial charge in [-0.25, -0.2) is 9.07 Å². The molecule has 2 unspecified atom stereocenters. The van der Waals surface area contributed by atoms with Crippen LogP contribution in [0.15, 0.2) is 66.7 Å². The van der Waals surface area contributed by atoms with Crippen molar-refractivity contribution in [2.75, 3.05) is 0 Å². The van der Waals surface area contributed by atoms with Crippen molar-refractivity contribution in [1.29, 1.82) is 0 Å². The van der Waals surface area contributed by atoms with Crippen molar-refractivity contribution in [3.05, 3.63) is 89.5 Å². The first-order valence-electron chi connectivity index (χ1n) is 9.89. The molecule has 0 spiro atoms. The SMILES string of the molecule is Cn1nnnc1C(C=CC(O)CC(O)CC(=O)O)=C(c1ccccc1)c1ccc(F)cc1. The van der Waals surface area contributed by atoms with Crippen LogP contribution >= 0.6 is 0 Å². The summed E-state index contributed by atoms with van der Waals surface area (Å²) >= 11 is 0. The van der Waals surface area contributed by atoms with Crippen molar-refractivity contribution in [2.24, 2.45) is 7.05 Å². The summed E-state index contributed by atoms with van der Waals surface area (Å²) in [5.74, 6) is -1.12. The van der Waals surface area contributed by atoms with Gasteiger partial charge in [0.2, 0.25) is 0 Å². The number of nitrogens with zero attached hydrogens (tertiary/aromatic N) is 4. The number of hydrogen-bond acceptors (Lipinski definition) is 6. The van der Waals surface area contributed by atoms with E-state index in [1.807, 2.05) is 30.3 Å². The van der Waals surface area contributed by atoms with Gasteiger partial charge in [-0.2, -0.15) is 0 Å². The standard InChI is InChI=1S/C23H23FN4O4/c1-28-23(25-26-27-28)20(12-11-18(29)13-19(30)14-21(31)32)22(15-5-3-2-4-6-15)16-7-9-17(24)10-8-16/h2-12,18-19,29-30H,13-14H2,1H3,(H,31,32). The minimum atomic E-state index is -1.19. The number of aliphatic hydroxyl groups is 2. The number of hydrogen-bond donors (Lipinski definition) is 3. The van der Waals surface area contributed by atoms with Crippen LogP contribution in [0, 0.1) is 5.82 Å². The molecule has 166 valence electrons. The number of benzene rings is 2. The number of carboxylic acids is 1. The lowest BCUT2D eigenvalue weighted by molar-refractivity contribution is -0.139. The largest absolute Gasteiger partial charge is 0.481 e. The lowest BCUT2D eigenvalue weighted by Gasteiger charge is -2.15. The van der Waals surface area contributed by atoms with Gasteiger partial charge in [-0.15, -0.1) is 5.10 Å². The van der Waals surface area contributed by atoms with Crippen LogP contribution in [-0.2, 0) is 11.8 Å². The van der Waals surface area contributed by atoms with E-state index in [2.05, 4.69) is 15.5 Å². The molecule has 0 amide bonds. The van der Waals surface area contributed by atoms with Gasteiger partial charge in [-0.05, 0) is 39.3 Å². The fourth-order valence-electron chi connectivity index (χ4n) is 3.28. The summed E-state index contributed by atoms with van der Waals surface area (Å²) in [4.78, 5) is 10.8. The van der Waals surface area contributed by atoms with Crippen molar-refractivity contribution in [3.8, 4) is 0 Å². The average Bonchev–Trinajstić information content (AvgIpc) is 3.17. The van der Waals surface area contributed by atoms with Crippen LogP contribution < -0.4 is 0 Å². The van der Waals surface area contributed by atoms with Gasteiger partial charge in [0.1, 0.15) is 5.82 Å². The van der Waals surface area contributed by atoms with E-state index in [1.54, 1.807) is 25.3 Å². The second-order valence-electron chi connectivity index (χ2n) is 7.20. The molecule has 9 heteroatoms. The van der Waals surface area contributed by atoms with Gasteiger partial charge < -0.3 is 15.3 Å². The van der Waals surface area contributed by atoms with Gasteiger partial charge in [0.05, 0.1) is 18.6 Å². The number of aryl methyl sites for hydroxylation is 1. The van der Waals surface area contributed by atoms with Crippen molar-refractivity contribution in [3.63, 3.8) is 0 Å². The number of tetrazole rings is 1. The van der Waals surface area contributed by atoms with Crippen LogP contribution in [0.2, 0.25) is 0 Å². The molecule has 0 radical (unpaired) electrons. The molecule has 2 atom stereocenters. The third-order valence-electron chi connectivity index (χ3n) is 4.73. The highest BCUT2D eigenvalue weighted by atomic mass is 19.1. The smallest absolute Gasteiger partial charge is 0.305 e. The van der Waals surface area contributed by atoms with E-state index in [-0.39, 0.29) is 12.2 Å².